The Morgan fingerprint density at radius 3 is 2.48 bits per heavy atom. The van der Waals surface area contributed by atoms with E-state index in [1.165, 1.54) is 0 Å². The third-order valence-electron chi connectivity index (χ3n) is 2.58. The van der Waals surface area contributed by atoms with E-state index in [2.05, 4.69) is 5.32 Å². The minimum Gasteiger partial charge on any atom is -0.324 e. The van der Waals surface area contributed by atoms with Crippen molar-refractivity contribution in [2.24, 2.45) is 5.92 Å². The molecule has 1 rings (SSSR count). The van der Waals surface area contributed by atoms with Gasteiger partial charge in [-0.2, -0.15) is 4.31 Å². The second kappa shape index (κ2) is 7.45. The van der Waals surface area contributed by atoms with Gasteiger partial charge in [0, 0.05) is 6.54 Å². The summed E-state index contributed by atoms with van der Waals surface area (Å²) in [5, 5.41) is 3.11. The van der Waals surface area contributed by atoms with Crippen molar-refractivity contribution in [2.45, 2.75) is 13.8 Å². The molecule has 0 aliphatic heterocycles. The van der Waals surface area contributed by atoms with E-state index in [-0.39, 0.29) is 24.0 Å². The Morgan fingerprint density at radius 1 is 1.33 bits per heavy atom. The molecule has 118 valence electrons. The first kappa shape index (κ1) is 18.2. The molecular formula is C13H18Cl2N2O3S. The van der Waals surface area contributed by atoms with Crippen LogP contribution < -0.4 is 5.32 Å². The number of anilines is 1. The van der Waals surface area contributed by atoms with Crippen molar-refractivity contribution < 1.29 is 13.2 Å². The van der Waals surface area contributed by atoms with Crippen molar-refractivity contribution >= 4 is 44.8 Å². The van der Waals surface area contributed by atoms with Crippen LogP contribution in [0.2, 0.25) is 10.0 Å². The fraction of sp³-hybridized carbons (Fsp3) is 0.462. The van der Waals surface area contributed by atoms with Gasteiger partial charge in [0.1, 0.15) is 0 Å². The quantitative estimate of drug-likeness (QED) is 0.855. The van der Waals surface area contributed by atoms with Crippen molar-refractivity contribution in [2.75, 3.05) is 24.7 Å². The highest BCUT2D eigenvalue weighted by Gasteiger charge is 2.21. The zero-order chi connectivity index (χ0) is 16.2. The molecule has 0 bridgehead atoms. The zero-order valence-electron chi connectivity index (χ0n) is 12.1. The molecule has 0 aromatic heterocycles. The summed E-state index contributed by atoms with van der Waals surface area (Å²) in [6, 6.07) is 4.84. The Bertz CT molecular complexity index is 618. The molecule has 1 N–H and O–H groups in total. The van der Waals surface area contributed by atoms with Gasteiger partial charge < -0.3 is 5.32 Å². The molecule has 21 heavy (non-hydrogen) atoms. The number of benzene rings is 1. The molecule has 0 fully saturated rings. The van der Waals surface area contributed by atoms with Gasteiger partial charge in [-0.1, -0.05) is 43.1 Å². The van der Waals surface area contributed by atoms with E-state index in [9.17, 15) is 13.2 Å². The number of carbonyl (C=O) groups excluding carboxylic acids is 1. The van der Waals surface area contributed by atoms with Crippen LogP contribution in [0.15, 0.2) is 18.2 Å². The first-order chi connectivity index (χ1) is 9.61. The number of halogens is 2. The smallest absolute Gasteiger partial charge is 0.239 e. The number of hydrogen-bond donors (Lipinski definition) is 1. The zero-order valence-corrected chi connectivity index (χ0v) is 14.4. The lowest BCUT2D eigenvalue weighted by atomic mass is 10.2. The van der Waals surface area contributed by atoms with Gasteiger partial charge in [0.2, 0.25) is 15.9 Å². The predicted octanol–water partition coefficient (Wildman–Crippen LogP) is 2.85. The van der Waals surface area contributed by atoms with Gasteiger partial charge in [0.05, 0.1) is 28.5 Å². The standard InChI is InChI=1S/C13H18Cl2N2O3S/c1-9(2)7-17(21(3,19)20)8-12(18)16-11-6-4-5-10(14)13(11)15/h4-6,9H,7-8H2,1-3H3,(H,16,18). The van der Waals surface area contributed by atoms with Crippen LogP contribution in [0.3, 0.4) is 0 Å². The average Bonchev–Trinajstić information content (AvgIpc) is 2.32. The molecule has 0 saturated carbocycles. The molecule has 1 aromatic carbocycles. The number of hydrogen-bond acceptors (Lipinski definition) is 3. The number of nitrogens with one attached hydrogen (secondary N) is 1. The second-order valence-corrected chi connectivity index (χ2v) is 7.87. The molecule has 0 spiro atoms. The molecule has 0 atom stereocenters. The molecule has 8 heteroatoms. The van der Waals surface area contributed by atoms with Crippen LogP contribution in [0, 0.1) is 5.92 Å². The predicted molar refractivity (Wildman–Crippen MR) is 86.3 cm³/mol. The normalized spacial score (nSPS) is 12.0. The lowest BCUT2D eigenvalue weighted by Crippen LogP contribution is -2.39. The van der Waals surface area contributed by atoms with E-state index in [1.54, 1.807) is 18.2 Å². The third kappa shape index (κ3) is 5.82. The summed E-state index contributed by atoms with van der Waals surface area (Å²) in [6.45, 7) is 3.77. The molecule has 0 radical (unpaired) electrons. The lowest BCUT2D eigenvalue weighted by Gasteiger charge is -2.21. The van der Waals surface area contributed by atoms with E-state index in [4.69, 9.17) is 23.2 Å². The van der Waals surface area contributed by atoms with Gasteiger partial charge in [0.25, 0.3) is 0 Å². The Hall–Kier alpha value is -0.820. The topological polar surface area (TPSA) is 66.5 Å². The van der Waals surface area contributed by atoms with Crippen molar-refractivity contribution in [3.05, 3.63) is 28.2 Å². The van der Waals surface area contributed by atoms with E-state index in [1.807, 2.05) is 13.8 Å². The fourth-order valence-corrected chi connectivity index (χ4v) is 2.94. The highest BCUT2D eigenvalue weighted by atomic mass is 35.5. The summed E-state index contributed by atoms with van der Waals surface area (Å²) >= 11 is 11.8. The Morgan fingerprint density at radius 2 is 1.95 bits per heavy atom. The summed E-state index contributed by atoms with van der Waals surface area (Å²) in [6.07, 6.45) is 1.08. The first-order valence-corrected chi connectivity index (χ1v) is 8.90. The van der Waals surface area contributed by atoms with Crippen LogP contribution in [0.1, 0.15) is 13.8 Å². The maximum Gasteiger partial charge on any atom is 0.239 e. The molecule has 0 saturated heterocycles. The van der Waals surface area contributed by atoms with E-state index >= 15 is 0 Å². The largest absolute Gasteiger partial charge is 0.324 e. The molecule has 0 aliphatic rings. The van der Waals surface area contributed by atoms with Gasteiger partial charge in [-0.3, -0.25) is 4.79 Å². The number of amides is 1. The minimum absolute atomic E-state index is 0.113. The maximum atomic E-state index is 12.0. The first-order valence-electron chi connectivity index (χ1n) is 6.30. The molecule has 5 nitrogen and oxygen atoms in total. The molecule has 0 unspecified atom stereocenters. The Balaban J connectivity index is 2.81. The van der Waals surface area contributed by atoms with Crippen LogP contribution in [-0.4, -0.2) is 38.0 Å². The van der Waals surface area contributed by atoms with Crippen LogP contribution in [0.5, 0.6) is 0 Å². The van der Waals surface area contributed by atoms with E-state index in [0.29, 0.717) is 10.7 Å². The fourth-order valence-electron chi connectivity index (χ4n) is 1.67. The van der Waals surface area contributed by atoms with Gasteiger partial charge >= 0.3 is 0 Å². The van der Waals surface area contributed by atoms with Crippen molar-refractivity contribution in [1.82, 2.24) is 4.31 Å². The summed E-state index contributed by atoms with van der Waals surface area (Å²) in [4.78, 5) is 12.0. The Labute approximate surface area is 135 Å². The third-order valence-corrected chi connectivity index (χ3v) is 4.62. The number of sulfonamides is 1. The molecular weight excluding hydrogens is 335 g/mol. The van der Waals surface area contributed by atoms with Gasteiger partial charge in [-0.15, -0.1) is 0 Å². The Kier molecular flexibility index (Phi) is 6.46. The van der Waals surface area contributed by atoms with Gasteiger partial charge in [-0.25, -0.2) is 8.42 Å². The summed E-state index contributed by atoms with van der Waals surface area (Å²) in [5.41, 5.74) is 0.354. The SMILES string of the molecule is CC(C)CN(CC(=O)Nc1cccc(Cl)c1Cl)S(C)(=O)=O. The average molecular weight is 353 g/mol. The molecule has 1 aromatic rings. The van der Waals surface area contributed by atoms with E-state index < -0.39 is 15.9 Å². The maximum absolute atomic E-state index is 12.0. The van der Waals surface area contributed by atoms with E-state index in [0.717, 1.165) is 10.6 Å². The van der Waals surface area contributed by atoms with Crippen molar-refractivity contribution in [3.8, 4) is 0 Å². The summed E-state index contributed by atoms with van der Waals surface area (Å²) < 4.78 is 24.5. The molecule has 1 amide bonds. The van der Waals surface area contributed by atoms with Crippen LogP contribution in [0.25, 0.3) is 0 Å². The second-order valence-electron chi connectivity index (χ2n) is 5.10. The van der Waals surface area contributed by atoms with Gasteiger partial charge in [0.15, 0.2) is 0 Å². The molecule has 0 aliphatic carbocycles. The number of rotatable bonds is 6. The lowest BCUT2D eigenvalue weighted by molar-refractivity contribution is -0.116. The highest BCUT2D eigenvalue weighted by molar-refractivity contribution is 7.88. The summed E-state index contributed by atoms with van der Waals surface area (Å²) in [5.74, 6) is -0.354. The van der Waals surface area contributed by atoms with Gasteiger partial charge in [-0.05, 0) is 18.1 Å². The monoisotopic (exact) mass is 352 g/mol. The number of carbonyl (C=O) groups is 1. The number of nitrogens with zero attached hydrogens (tertiary/aromatic N) is 1. The highest BCUT2D eigenvalue weighted by Crippen LogP contribution is 2.29. The van der Waals surface area contributed by atoms with Crippen molar-refractivity contribution in [1.29, 1.82) is 0 Å². The van der Waals surface area contributed by atoms with Crippen LogP contribution >= 0.6 is 23.2 Å². The van der Waals surface area contributed by atoms with Crippen molar-refractivity contribution in [3.63, 3.8) is 0 Å². The van der Waals surface area contributed by atoms with Crippen LogP contribution in [0.4, 0.5) is 5.69 Å². The minimum atomic E-state index is -3.45. The van der Waals surface area contributed by atoms with Crippen LogP contribution in [-0.2, 0) is 14.8 Å². The summed E-state index contributed by atoms with van der Waals surface area (Å²) in [7, 11) is -3.45. The molecule has 0 heterocycles.